The number of hydrogen-bond acceptors (Lipinski definition) is 3. The van der Waals surface area contributed by atoms with Gasteiger partial charge in [0.2, 0.25) is 0 Å². The van der Waals surface area contributed by atoms with Crippen LogP contribution in [-0.4, -0.2) is 29.2 Å². The zero-order chi connectivity index (χ0) is 22.0. The van der Waals surface area contributed by atoms with E-state index in [1.54, 1.807) is 11.8 Å². The summed E-state index contributed by atoms with van der Waals surface area (Å²) in [7, 11) is 2.13. The third kappa shape index (κ3) is 4.50. The molecule has 2 aromatic rings. The van der Waals surface area contributed by atoms with Crippen LogP contribution in [0.2, 0.25) is 0 Å². The highest BCUT2D eigenvalue weighted by molar-refractivity contribution is 8.03. The molecule has 4 heteroatoms. The predicted octanol–water partition coefficient (Wildman–Crippen LogP) is 6.59. The second kappa shape index (κ2) is 9.40. The number of benzene rings is 2. The van der Waals surface area contributed by atoms with Crippen molar-refractivity contribution in [2.75, 3.05) is 7.05 Å². The van der Waals surface area contributed by atoms with Crippen LogP contribution in [0.4, 0.5) is 4.39 Å². The van der Waals surface area contributed by atoms with Crippen LogP contribution in [0, 0.1) is 17.7 Å². The summed E-state index contributed by atoms with van der Waals surface area (Å²) in [4.78, 5) is 4.63. The lowest BCUT2D eigenvalue weighted by molar-refractivity contribution is 0.174. The van der Waals surface area contributed by atoms with E-state index in [2.05, 4.69) is 51.8 Å². The Bertz CT molecular complexity index is 929. The molecule has 1 heterocycles. The van der Waals surface area contributed by atoms with Crippen LogP contribution in [0.1, 0.15) is 40.2 Å². The molecule has 0 aromatic heterocycles. The van der Waals surface area contributed by atoms with Crippen molar-refractivity contribution < 1.29 is 9.50 Å². The van der Waals surface area contributed by atoms with Crippen molar-refractivity contribution in [3.05, 3.63) is 82.2 Å². The molecule has 160 valence electrons. The smallest absolute Gasteiger partial charge is 0.123 e. The number of aliphatic hydroxyl groups is 1. The third-order valence-electron chi connectivity index (χ3n) is 5.59. The van der Waals surface area contributed by atoms with Gasteiger partial charge in [0.1, 0.15) is 5.82 Å². The average molecular weight is 426 g/mol. The van der Waals surface area contributed by atoms with E-state index in [0.29, 0.717) is 11.8 Å². The quantitative estimate of drug-likeness (QED) is 0.565. The number of rotatable bonds is 6. The predicted molar refractivity (Wildman–Crippen MR) is 126 cm³/mol. The van der Waals surface area contributed by atoms with Gasteiger partial charge in [-0.2, -0.15) is 0 Å². The van der Waals surface area contributed by atoms with Gasteiger partial charge in [0.25, 0.3) is 0 Å². The highest BCUT2D eigenvalue weighted by Gasteiger charge is 2.38. The molecule has 0 spiro atoms. The van der Waals surface area contributed by atoms with Crippen LogP contribution >= 0.6 is 11.8 Å². The van der Waals surface area contributed by atoms with Gasteiger partial charge in [0.15, 0.2) is 0 Å². The first-order valence-corrected chi connectivity index (χ1v) is 11.4. The van der Waals surface area contributed by atoms with Crippen LogP contribution in [0.25, 0.3) is 5.57 Å². The third-order valence-corrected chi connectivity index (χ3v) is 6.71. The molecule has 0 bridgehead atoms. The summed E-state index contributed by atoms with van der Waals surface area (Å²) in [5.74, 6) is 0.358. The Morgan fingerprint density at radius 3 is 2.03 bits per heavy atom. The number of halogens is 1. The lowest BCUT2D eigenvalue weighted by Crippen LogP contribution is -2.44. The van der Waals surface area contributed by atoms with Gasteiger partial charge >= 0.3 is 0 Å². The maximum atomic E-state index is 13.7. The van der Waals surface area contributed by atoms with Crippen molar-refractivity contribution in [1.29, 1.82) is 0 Å². The molecule has 0 saturated heterocycles. The normalized spacial score (nSPS) is 18.6. The molecule has 1 aliphatic rings. The van der Waals surface area contributed by atoms with Gasteiger partial charge < -0.3 is 10.0 Å². The van der Waals surface area contributed by atoms with Crippen LogP contribution in [0.15, 0.2) is 75.7 Å². The second-order valence-electron chi connectivity index (χ2n) is 8.60. The van der Waals surface area contributed by atoms with Gasteiger partial charge in [-0.15, -0.1) is 0 Å². The maximum absolute atomic E-state index is 13.7. The van der Waals surface area contributed by atoms with Crippen molar-refractivity contribution in [1.82, 2.24) is 4.90 Å². The topological polar surface area (TPSA) is 23.5 Å². The number of nitrogens with zero attached hydrogens (tertiary/aromatic N) is 1. The molecule has 2 aromatic carbocycles. The fourth-order valence-corrected chi connectivity index (χ4v) is 5.83. The highest BCUT2D eigenvalue weighted by Crippen LogP contribution is 2.49. The minimum absolute atomic E-state index is 0.0718. The average Bonchev–Trinajstić information content (AvgIpc) is 2.68. The van der Waals surface area contributed by atoms with Gasteiger partial charge in [0.05, 0.1) is 12.1 Å². The lowest BCUT2D eigenvalue weighted by atomic mass is 9.81. The Morgan fingerprint density at radius 1 is 0.933 bits per heavy atom. The van der Waals surface area contributed by atoms with E-state index < -0.39 is 6.10 Å². The molecule has 30 heavy (non-hydrogen) atoms. The summed E-state index contributed by atoms with van der Waals surface area (Å²) in [6.45, 7) is 10.7. The number of aliphatic hydroxyl groups excluding tert-OH is 1. The molecular weight excluding hydrogens is 393 g/mol. The zero-order valence-corrected chi connectivity index (χ0v) is 19.5. The van der Waals surface area contributed by atoms with Crippen molar-refractivity contribution in [2.24, 2.45) is 11.8 Å². The highest BCUT2D eigenvalue weighted by atomic mass is 32.2. The first-order valence-electron chi connectivity index (χ1n) is 10.6. The van der Waals surface area contributed by atoms with E-state index >= 15 is 0 Å². The molecule has 0 aliphatic carbocycles. The van der Waals surface area contributed by atoms with E-state index in [4.69, 9.17) is 0 Å². The first-order chi connectivity index (χ1) is 14.2. The first kappa shape index (κ1) is 22.6. The van der Waals surface area contributed by atoms with Crippen LogP contribution in [-0.2, 0) is 0 Å². The molecule has 2 atom stereocenters. The van der Waals surface area contributed by atoms with Crippen LogP contribution in [0.5, 0.6) is 0 Å². The van der Waals surface area contributed by atoms with Gasteiger partial charge in [-0.3, -0.25) is 0 Å². The molecular formula is C26H32FNOS. The lowest BCUT2D eigenvalue weighted by Gasteiger charge is -2.45. The second-order valence-corrected chi connectivity index (χ2v) is 9.68. The number of allylic oxidation sites excluding steroid dienone is 2. The molecule has 2 unspecified atom stereocenters. The number of hydrogen-bond donors (Lipinski definition) is 1. The van der Waals surface area contributed by atoms with Crippen LogP contribution < -0.4 is 0 Å². The molecule has 1 N–H and O–H groups in total. The Hall–Kier alpha value is -2.04. The molecule has 0 fully saturated rings. The summed E-state index contributed by atoms with van der Waals surface area (Å²) in [5, 5.41) is 10.9. The monoisotopic (exact) mass is 425 g/mol. The summed E-state index contributed by atoms with van der Waals surface area (Å²) in [5.41, 5.74) is 4.25. The minimum Gasteiger partial charge on any atom is -0.389 e. The fraction of sp³-hybridized carbons (Fsp3) is 0.385. The minimum atomic E-state index is -0.611. The Kier molecular flexibility index (Phi) is 7.10. The maximum Gasteiger partial charge on any atom is 0.123 e. The summed E-state index contributed by atoms with van der Waals surface area (Å²) >= 11 is 1.72. The van der Waals surface area contributed by atoms with E-state index in [9.17, 15) is 9.50 Å². The van der Waals surface area contributed by atoms with E-state index in [-0.39, 0.29) is 11.9 Å². The van der Waals surface area contributed by atoms with E-state index in [1.807, 2.05) is 37.3 Å². The van der Waals surface area contributed by atoms with Gasteiger partial charge in [-0.25, -0.2) is 4.39 Å². The summed E-state index contributed by atoms with van der Waals surface area (Å²) in [6, 6.07) is 17.1. The summed E-state index contributed by atoms with van der Waals surface area (Å²) < 4.78 is 13.7. The fourth-order valence-electron chi connectivity index (χ4n) is 4.48. The molecule has 0 radical (unpaired) electrons. The Labute approximate surface area is 184 Å². The largest absolute Gasteiger partial charge is 0.389 e. The van der Waals surface area contributed by atoms with E-state index in [0.717, 1.165) is 26.5 Å². The SMILES string of the molecule is CC(C)C1=C(Sc2ccccc2)C(c2ccc(F)cc2)=C(C(C)O)C(C(C)C)N1C. The van der Waals surface area contributed by atoms with E-state index in [1.165, 1.54) is 17.8 Å². The Balaban J connectivity index is 2.34. The van der Waals surface area contributed by atoms with Gasteiger partial charge in [-0.1, -0.05) is 69.8 Å². The molecule has 3 rings (SSSR count). The summed E-state index contributed by atoms with van der Waals surface area (Å²) in [6.07, 6.45) is -0.611. The van der Waals surface area contributed by atoms with Crippen LogP contribution in [0.3, 0.4) is 0 Å². The van der Waals surface area contributed by atoms with Gasteiger partial charge in [-0.05, 0) is 54.2 Å². The van der Waals surface area contributed by atoms with Crippen molar-refractivity contribution in [3.8, 4) is 0 Å². The zero-order valence-electron chi connectivity index (χ0n) is 18.7. The number of thioether (sulfide) groups is 1. The molecule has 0 saturated carbocycles. The molecule has 1 aliphatic heterocycles. The molecule has 2 nitrogen and oxygen atoms in total. The standard InChI is InChI=1S/C26H32FNOS/c1-16(2)24-22(18(5)29)23(19-12-14-20(27)15-13-19)26(25(17(3)4)28(24)6)30-21-10-8-7-9-11-21/h7-18,24,29H,1-6H3. The van der Waals surface area contributed by atoms with Gasteiger partial charge in [0, 0.05) is 28.1 Å². The Morgan fingerprint density at radius 2 is 1.53 bits per heavy atom. The van der Waals surface area contributed by atoms with Crippen molar-refractivity contribution in [2.45, 2.75) is 51.7 Å². The van der Waals surface area contributed by atoms with Crippen molar-refractivity contribution >= 4 is 17.3 Å². The molecule has 0 amide bonds. The number of likely N-dealkylation sites (N-methyl/N-ethyl adjacent to an activating group) is 1. The van der Waals surface area contributed by atoms with Crippen molar-refractivity contribution in [3.63, 3.8) is 0 Å².